The van der Waals surface area contributed by atoms with Crippen molar-refractivity contribution in [3.8, 4) is 22.6 Å². The van der Waals surface area contributed by atoms with Gasteiger partial charge in [-0.25, -0.2) is 12.8 Å². The number of halogens is 4. The van der Waals surface area contributed by atoms with Crippen LogP contribution >= 0.6 is 0 Å². The second kappa shape index (κ2) is 8.96. The molecule has 0 spiro atoms. The number of nitrogens with zero attached hydrogens (tertiary/aromatic N) is 1. The lowest BCUT2D eigenvalue weighted by Crippen LogP contribution is -2.13. The van der Waals surface area contributed by atoms with E-state index in [9.17, 15) is 26.0 Å². The SMILES string of the molecule is Cc1cc(-c2cc(Oc3cccc(S(=O)(=O)C(C)C)c3)ccc2F)c2cccc(C(F)(F)F)c2n1. The number of para-hydroxylation sites is 1. The lowest BCUT2D eigenvalue weighted by atomic mass is 9.97. The van der Waals surface area contributed by atoms with Crippen LogP contribution in [-0.2, 0) is 16.0 Å². The van der Waals surface area contributed by atoms with E-state index >= 15 is 0 Å². The first-order chi connectivity index (χ1) is 16.4. The predicted octanol–water partition coefficient (Wildman–Crippen LogP) is 7.34. The number of aryl methyl sites for hydroxylation is 1. The van der Waals surface area contributed by atoms with Gasteiger partial charge in [-0.2, -0.15) is 13.2 Å². The maximum Gasteiger partial charge on any atom is 0.418 e. The van der Waals surface area contributed by atoms with Crippen molar-refractivity contribution in [1.29, 1.82) is 0 Å². The molecule has 0 atom stereocenters. The standard InChI is InChI=1S/C26H21F4NO3S/c1-15(2)35(32,33)19-7-4-6-17(13-19)34-18-10-11-24(27)22(14-18)21-12-16(3)31-25-20(21)8-5-9-23(25)26(28,29)30/h4-15H,1-3H3. The number of sulfone groups is 1. The van der Waals surface area contributed by atoms with Crippen molar-refractivity contribution in [1.82, 2.24) is 4.98 Å². The number of pyridine rings is 1. The first kappa shape index (κ1) is 24.7. The molecule has 0 fully saturated rings. The molecule has 182 valence electrons. The molecular formula is C26H21F4NO3S. The fraction of sp³-hybridized carbons (Fsp3) is 0.192. The third kappa shape index (κ3) is 4.86. The number of hydrogen-bond acceptors (Lipinski definition) is 4. The van der Waals surface area contributed by atoms with Crippen LogP contribution in [0.15, 0.2) is 71.6 Å². The maximum absolute atomic E-state index is 14.9. The van der Waals surface area contributed by atoms with Crippen LogP contribution in [-0.4, -0.2) is 18.7 Å². The first-order valence-corrected chi connectivity index (χ1v) is 12.2. The van der Waals surface area contributed by atoms with Crippen LogP contribution < -0.4 is 4.74 Å². The van der Waals surface area contributed by atoms with Gasteiger partial charge in [0.15, 0.2) is 9.84 Å². The van der Waals surface area contributed by atoms with Crippen LogP contribution in [0.4, 0.5) is 17.6 Å². The molecule has 0 saturated heterocycles. The van der Waals surface area contributed by atoms with E-state index in [1.54, 1.807) is 19.9 Å². The molecular weight excluding hydrogens is 482 g/mol. The first-order valence-electron chi connectivity index (χ1n) is 10.7. The third-order valence-electron chi connectivity index (χ3n) is 5.49. The molecule has 4 aromatic rings. The molecule has 1 heterocycles. The van der Waals surface area contributed by atoms with Crippen molar-refractivity contribution in [2.24, 2.45) is 0 Å². The Balaban J connectivity index is 1.81. The fourth-order valence-corrected chi connectivity index (χ4v) is 4.82. The summed E-state index contributed by atoms with van der Waals surface area (Å²) >= 11 is 0. The van der Waals surface area contributed by atoms with E-state index < -0.39 is 32.6 Å². The number of hydrogen-bond donors (Lipinski definition) is 0. The Bertz CT molecular complexity index is 1530. The van der Waals surface area contributed by atoms with Crippen molar-refractivity contribution < 1.29 is 30.7 Å². The predicted molar refractivity (Wildman–Crippen MR) is 126 cm³/mol. The van der Waals surface area contributed by atoms with Gasteiger partial charge < -0.3 is 4.74 Å². The van der Waals surface area contributed by atoms with Gasteiger partial charge in [0.1, 0.15) is 17.3 Å². The average Bonchev–Trinajstić information content (AvgIpc) is 2.79. The normalized spacial score (nSPS) is 12.3. The van der Waals surface area contributed by atoms with Crippen LogP contribution in [0.25, 0.3) is 22.0 Å². The number of fused-ring (bicyclic) bond motifs is 1. The minimum absolute atomic E-state index is 0.0308. The molecule has 9 heteroatoms. The highest BCUT2D eigenvalue weighted by Gasteiger charge is 2.33. The zero-order chi connectivity index (χ0) is 25.5. The number of rotatable bonds is 5. The average molecular weight is 504 g/mol. The van der Waals surface area contributed by atoms with Gasteiger partial charge in [0.25, 0.3) is 0 Å². The minimum atomic E-state index is -4.62. The summed E-state index contributed by atoms with van der Waals surface area (Å²) in [5.41, 5.74) is -0.620. The Morgan fingerprint density at radius 1 is 0.886 bits per heavy atom. The zero-order valence-corrected chi connectivity index (χ0v) is 19.8. The summed E-state index contributed by atoms with van der Waals surface area (Å²) in [5, 5.41) is -0.480. The van der Waals surface area contributed by atoms with Crippen LogP contribution in [0.2, 0.25) is 0 Å². The molecule has 35 heavy (non-hydrogen) atoms. The number of benzene rings is 3. The third-order valence-corrected chi connectivity index (χ3v) is 7.64. The molecule has 0 unspecified atom stereocenters. The van der Waals surface area contributed by atoms with Crippen LogP contribution in [0.1, 0.15) is 25.1 Å². The van der Waals surface area contributed by atoms with Gasteiger partial charge in [-0.1, -0.05) is 18.2 Å². The minimum Gasteiger partial charge on any atom is -0.457 e. The second-order valence-electron chi connectivity index (χ2n) is 8.32. The molecule has 1 aromatic heterocycles. The maximum atomic E-state index is 14.9. The Morgan fingerprint density at radius 3 is 2.26 bits per heavy atom. The molecule has 0 aliphatic carbocycles. The lowest BCUT2D eigenvalue weighted by molar-refractivity contribution is -0.136. The van der Waals surface area contributed by atoms with Gasteiger partial charge in [-0.15, -0.1) is 0 Å². The van der Waals surface area contributed by atoms with Crippen LogP contribution in [0, 0.1) is 12.7 Å². The Morgan fingerprint density at radius 2 is 1.57 bits per heavy atom. The largest absolute Gasteiger partial charge is 0.457 e. The molecule has 0 N–H and O–H groups in total. The van der Waals surface area contributed by atoms with Gasteiger partial charge in [-0.3, -0.25) is 4.98 Å². The molecule has 0 radical (unpaired) electrons. The number of ether oxygens (including phenoxy) is 1. The smallest absolute Gasteiger partial charge is 0.418 e. The Kier molecular flexibility index (Phi) is 6.31. The van der Waals surface area contributed by atoms with Crippen molar-refractivity contribution in [3.05, 3.63) is 83.8 Å². The number of alkyl halides is 3. The highest BCUT2D eigenvalue weighted by molar-refractivity contribution is 7.92. The summed E-state index contributed by atoms with van der Waals surface area (Å²) in [5.74, 6) is -0.243. The van der Waals surface area contributed by atoms with Crippen molar-refractivity contribution in [3.63, 3.8) is 0 Å². The Hall–Kier alpha value is -3.46. The number of aromatic nitrogens is 1. The highest BCUT2D eigenvalue weighted by Crippen LogP contribution is 2.39. The van der Waals surface area contributed by atoms with Gasteiger partial charge >= 0.3 is 6.18 Å². The van der Waals surface area contributed by atoms with E-state index in [2.05, 4.69) is 4.98 Å². The van der Waals surface area contributed by atoms with Crippen molar-refractivity contribution >= 4 is 20.7 Å². The van der Waals surface area contributed by atoms with Gasteiger partial charge in [0.05, 0.1) is 21.2 Å². The van der Waals surface area contributed by atoms with E-state index in [4.69, 9.17) is 4.74 Å². The van der Waals surface area contributed by atoms with Crippen molar-refractivity contribution in [2.45, 2.75) is 37.1 Å². The van der Waals surface area contributed by atoms with Crippen molar-refractivity contribution in [2.75, 3.05) is 0 Å². The summed E-state index contributed by atoms with van der Waals surface area (Å²) in [4.78, 5) is 4.15. The lowest BCUT2D eigenvalue weighted by Gasteiger charge is -2.15. The molecule has 0 aliphatic heterocycles. The highest BCUT2D eigenvalue weighted by atomic mass is 32.2. The van der Waals surface area contributed by atoms with Gasteiger partial charge in [0.2, 0.25) is 0 Å². The monoisotopic (exact) mass is 503 g/mol. The van der Waals surface area contributed by atoms with E-state index in [0.717, 1.165) is 12.1 Å². The fourth-order valence-electron chi connectivity index (χ4n) is 3.73. The van der Waals surface area contributed by atoms with E-state index in [1.165, 1.54) is 55.5 Å². The molecule has 3 aromatic carbocycles. The Labute approximate surface area is 200 Å². The molecule has 0 saturated carbocycles. The summed E-state index contributed by atoms with van der Waals surface area (Å²) < 4.78 is 86.4. The van der Waals surface area contributed by atoms with Crippen LogP contribution in [0.5, 0.6) is 11.5 Å². The van der Waals surface area contributed by atoms with Crippen LogP contribution in [0.3, 0.4) is 0 Å². The summed E-state index contributed by atoms with van der Waals surface area (Å²) in [6.45, 7) is 4.68. The van der Waals surface area contributed by atoms with E-state index in [0.29, 0.717) is 5.69 Å². The summed E-state index contributed by atoms with van der Waals surface area (Å²) in [6, 6.07) is 15.0. The zero-order valence-electron chi connectivity index (χ0n) is 19.0. The molecule has 0 bridgehead atoms. The second-order valence-corrected chi connectivity index (χ2v) is 10.8. The van der Waals surface area contributed by atoms with Gasteiger partial charge in [-0.05, 0) is 74.9 Å². The molecule has 0 amide bonds. The molecule has 4 rings (SSSR count). The summed E-state index contributed by atoms with van der Waals surface area (Å²) in [6.07, 6.45) is -4.62. The van der Waals surface area contributed by atoms with E-state index in [-0.39, 0.29) is 38.4 Å². The molecule has 0 aliphatic rings. The quantitative estimate of drug-likeness (QED) is 0.267. The van der Waals surface area contributed by atoms with Gasteiger partial charge in [0, 0.05) is 16.6 Å². The molecule has 4 nitrogen and oxygen atoms in total. The topological polar surface area (TPSA) is 56.3 Å². The summed E-state index contributed by atoms with van der Waals surface area (Å²) in [7, 11) is -3.53. The van der Waals surface area contributed by atoms with E-state index in [1.807, 2.05) is 0 Å².